The summed E-state index contributed by atoms with van der Waals surface area (Å²) in [6.07, 6.45) is 2.75. The third-order valence-corrected chi connectivity index (χ3v) is 5.70. The zero-order valence-corrected chi connectivity index (χ0v) is 21.5. The molecule has 2 aromatic carbocycles. The minimum Gasteiger partial charge on any atom is -0.507 e. The Labute approximate surface area is 231 Å². The molecule has 1 amide bonds. The highest BCUT2D eigenvalue weighted by atomic mass is 16.4. The smallest absolute Gasteiger partial charge is 0.339 e. The van der Waals surface area contributed by atoms with E-state index in [4.69, 9.17) is 15.7 Å². The fraction of sp³-hybridized carbons (Fsp3) is 0.0769. The highest BCUT2D eigenvalue weighted by molar-refractivity contribution is 5.96. The molecule has 0 spiro atoms. The van der Waals surface area contributed by atoms with Gasteiger partial charge in [-0.05, 0) is 36.4 Å². The average molecular weight is 559 g/mol. The van der Waals surface area contributed by atoms with Gasteiger partial charge in [-0.2, -0.15) is 5.11 Å². The highest BCUT2D eigenvalue weighted by Gasteiger charge is 2.18. The van der Waals surface area contributed by atoms with Crippen molar-refractivity contribution in [2.75, 3.05) is 19.4 Å². The maximum Gasteiger partial charge on any atom is 0.339 e. The monoisotopic (exact) mass is 558 g/mol. The normalized spacial score (nSPS) is 11.1. The van der Waals surface area contributed by atoms with Crippen LogP contribution in [0.15, 0.2) is 66.0 Å². The number of pyridine rings is 1. The number of hydrogen-bond acceptors (Lipinski definition) is 11. The molecule has 0 aliphatic carbocycles. The molecule has 0 unspecified atom stereocenters. The number of rotatable bonds is 9. The van der Waals surface area contributed by atoms with Gasteiger partial charge < -0.3 is 30.6 Å². The fourth-order valence-corrected chi connectivity index (χ4v) is 3.64. The molecule has 41 heavy (non-hydrogen) atoms. The molecule has 15 nitrogen and oxygen atoms in total. The van der Waals surface area contributed by atoms with Crippen LogP contribution in [0.1, 0.15) is 36.8 Å². The lowest BCUT2D eigenvalue weighted by Gasteiger charge is -2.12. The van der Waals surface area contributed by atoms with Crippen LogP contribution in [-0.4, -0.2) is 77.2 Å². The molecule has 0 aliphatic rings. The van der Waals surface area contributed by atoms with Gasteiger partial charge in [-0.3, -0.25) is 4.79 Å². The molecular weight excluding hydrogens is 536 g/mol. The van der Waals surface area contributed by atoms with Crippen LogP contribution in [-0.2, 0) is 0 Å². The summed E-state index contributed by atoms with van der Waals surface area (Å²) in [6, 6.07) is 10.6. The molecule has 0 saturated heterocycles. The number of carboxylic acid groups (broad SMARTS) is 2. The van der Waals surface area contributed by atoms with Crippen molar-refractivity contribution in [2.45, 2.75) is 0 Å². The van der Waals surface area contributed by atoms with E-state index in [2.05, 4.69) is 25.7 Å². The van der Waals surface area contributed by atoms with Gasteiger partial charge in [-0.25, -0.2) is 24.8 Å². The molecule has 0 bridgehead atoms. The number of carboxylic acids is 2. The largest absolute Gasteiger partial charge is 0.507 e. The second-order valence-corrected chi connectivity index (χ2v) is 8.70. The van der Waals surface area contributed by atoms with Crippen LogP contribution in [0.3, 0.4) is 0 Å². The zero-order valence-electron chi connectivity index (χ0n) is 21.5. The molecule has 0 atom stereocenters. The SMILES string of the molecule is CN(C)C(=O)c1cc(/C(=C/Nc2ccc(C(=O)O)c(O)c2)N=N)nc(-c2cn(-c3ccc(C(=O)O)c(O)c3)nn2)c1. The summed E-state index contributed by atoms with van der Waals surface area (Å²) in [5.74, 6) is -3.89. The Morgan fingerprint density at radius 3 is 2.20 bits per heavy atom. The molecule has 208 valence electrons. The number of hydrogen-bond donors (Lipinski definition) is 6. The van der Waals surface area contributed by atoms with Crippen LogP contribution in [0.25, 0.3) is 22.8 Å². The van der Waals surface area contributed by atoms with Crippen molar-refractivity contribution in [2.24, 2.45) is 5.11 Å². The molecule has 6 N–H and O–H groups in total. The first-order chi connectivity index (χ1) is 19.5. The van der Waals surface area contributed by atoms with Gasteiger partial charge in [-0.15, -0.1) is 5.10 Å². The Kier molecular flexibility index (Phi) is 7.70. The predicted molar refractivity (Wildman–Crippen MR) is 143 cm³/mol. The van der Waals surface area contributed by atoms with Gasteiger partial charge >= 0.3 is 11.9 Å². The van der Waals surface area contributed by atoms with E-state index in [1.807, 2.05) is 0 Å². The van der Waals surface area contributed by atoms with Gasteiger partial charge in [-0.1, -0.05) is 5.21 Å². The van der Waals surface area contributed by atoms with Gasteiger partial charge in [0.05, 0.1) is 23.3 Å². The number of phenols is 2. The molecular formula is C26H22N8O7. The number of carbonyl (C=O) groups is 3. The Bertz CT molecular complexity index is 1730. The Hall–Kier alpha value is -6.12. The van der Waals surface area contributed by atoms with Crippen molar-refractivity contribution in [1.29, 1.82) is 5.53 Å². The summed E-state index contributed by atoms with van der Waals surface area (Å²) in [4.78, 5) is 41.0. The van der Waals surface area contributed by atoms with Crippen molar-refractivity contribution < 1.29 is 34.8 Å². The van der Waals surface area contributed by atoms with E-state index in [0.717, 1.165) is 0 Å². The van der Waals surface area contributed by atoms with Crippen molar-refractivity contribution in [1.82, 2.24) is 24.9 Å². The quantitative estimate of drug-likeness (QED) is 0.163. The highest BCUT2D eigenvalue weighted by Crippen LogP contribution is 2.26. The summed E-state index contributed by atoms with van der Waals surface area (Å²) in [5.41, 5.74) is 8.44. The maximum atomic E-state index is 12.8. The number of anilines is 1. The Morgan fingerprint density at radius 2 is 1.61 bits per heavy atom. The molecule has 15 heteroatoms. The summed E-state index contributed by atoms with van der Waals surface area (Å²) in [5, 5.41) is 52.6. The fourth-order valence-electron chi connectivity index (χ4n) is 3.64. The van der Waals surface area contributed by atoms with E-state index in [1.54, 1.807) is 14.1 Å². The van der Waals surface area contributed by atoms with Gasteiger partial charge in [0.2, 0.25) is 0 Å². The molecule has 0 fully saturated rings. The number of aromatic hydroxyl groups is 2. The minimum atomic E-state index is -1.29. The van der Waals surface area contributed by atoms with Crippen molar-refractivity contribution >= 4 is 29.2 Å². The van der Waals surface area contributed by atoms with Crippen molar-refractivity contribution in [3.8, 4) is 28.6 Å². The van der Waals surface area contributed by atoms with Gasteiger partial charge in [0, 0.05) is 43.7 Å². The van der Waals surface area contributed by atoms with Crippen LogP contribution in [0.5, 0.6) is 11.5 Å². The number of nitrogens with zero attached hydrogens (tertiary/aromatic N) is 6. The van der Waals surface area contributed by atoms with E-state index in [-0.39, 0.29) is 45.4 Å². The van der Waals surface area contributed by atoms with Gasteiger partial charge in [0.1, 0.15) is 34.0 Å². The van der Waals surface area contributed by atoms with Gasteiger partial charge in [0.15, 0.2) is 0 Å². The molecule has 4 rings (SSSR count). The Morgan fingerprint density at radius 1 is 0.951 bits per heavy atom. The third-order valence-electron chi connectivity index (χ3n) is 5.70. The van der Waals surface area contributed by atoms with E-state index < -0.39 is 23.4 Å². The van der Waals surface area contributed by atoms with Crippen LogP contribution < -0.4 is 5.32 Å². The van der Waals surface area contributed by atoms with Crippen LogP contribution in [0.2, 0.25) is 0 Å². The second kappa shape index (κ2) is 11.3. The van der Waals surface area contributed by atoms with E-state index >= 15 is 0 Å². The lowest BCUT2D eigenvalue weighted by molar-refractivity contribution is 0.0682. The number of benzene rings is 2. The molecule has 4 aromatic rings. The minimum absolute atomic E-state index is 0.0111. The van der Waals surface area contributed by atoms with Crippen molar-refractivity contribution in [3.63, 3.8) is 0 Å². The second-order valence-electron chi connectivity index (χ2n) is 8.70. The van der Waals surface area contributed by atoms with E-state index in [0.29, 0.717) is 11.4 Å². The lowest BCUT2D eigenvalue weighted by Crippen LogP contribution is -2.22. The number of carbonyl (C=O) groups excluding carboxylic acids is 1. The third kappa shape index (κ3) is 5.98. The summed E-state index contributed by atoms with van der Waals surface area (Å²) >= 11 is 0. The summed E-state index contributed by atoms with van der Waals surface area (Å²) in [7, 11) is 3.12. The standard InChI is InChI=1S/C26H22N8O7/c1-33(2)24(37)13-7-18(20(30-27)11-28-14-3-5-16(25(38)39)22(35)9-14)29-19(8-13)21-12-34(32-31-21)15-4-6-17(26(40)41)23(36)10-15/h3-12,27-28,35-36H,1-2H3,(H,38,39)(H,40,41)/b20-11-,30-27?. The van der Waals surface area contributed by atoms with Crippen LogP contribution in [0, 0.1) is 5.53 Å². The number of aromatic carboxylic acids is 2. The maximum absolute atomic E-state index is 12.8. The van der Waals surface area contributed by atoms with Crippen LogP contribution >= 0.6 is 0 Å². The molecule has 2 heterocycles. The topological polar surface area (TPSA) is 227 Å². The van der Waals surface area contributed by atoms with E-state index in [1.165, 1.54) is 70.5 Å². The first-order valence-electron chi connectivity index (χ1n) is 11.6. The van der Waals surface area contributed by atoms with Crippen LogP contribution in [0.4, 0.5) is 5.69 Å². The number of amides is 1. The Balaban J connectivity index is 1.73. The first-order valence-corrected chi connectivity index (χ1v) is 11.6. The zero-order chi connectivity index (χ0) is 29.8. The van der Waals surface area contributed by atoms with Gasteiger partial charge in [0.25, 0.3) is 5.91 Å². The number of nitrogens with one attached hydrogen (secondary N) is 2. The first kappa shape index (κ1) is 27.9. The molecule has 0 radical (unpaired) electrons. The molecule has 2 aromatic heterocycles. The number of aromatic nitrogens is 4. The molecule has 0 saturated carbocycles. The summed E-state index contributed by atoms with van der Waals surface area (Å²) in [6.45, 7) is 0. The average Bonchev–Trinajstić information content (AvgIpc) is 3.43. The van der Waals surface area contributed by atoms with Crippen molar-refractivity contribution in [3.05, 3.63) is 83.3 Å². The molecule has 0 aliphatic heterocycles. The van der Waals surface area contributed by atoms with E-state index in [9.17, 15) is 24.6 Å². The lowest BCUT2D eigenvalue weighted by atomic mass is 10.1. The predicted octanol–water partition coefficient (Wildman–Crippen LogP) is 3.28. The summed E-state index contributed by atoms with van der Waals surface area (Å²) < 4.78 is 1.28.